The van der Waals surface area contributed by atoms with Crippen molar-refractivity contribution in [3.8, 4) is 0 Å². The average molecular weight is 284 g/mol. The number of nitrogens with one attached hydrogen (secondary N) is 1. The van der Waals surface area contributed by atoms with Gasteiger partial charge in [0.05, 0.1) is 11.3 Å². The SMILES string of the molecule is CC(C)(C)c1ccccc1Nc1cc(N)ccc1C(=O)O. The van der Waals surface area contributed by atoms with Gasteiger partial charge in [0, 0.05) is 11.4 Å². The van der Waals surface area contributed by atoms with E-state index in [0.29, 0.717) is 11.4 Å². The van der Waals surface area contributed by atoms with E-state index in [4.69, 9.17) is 5.73 Å². The fraction of sp³-hybridized carbons (Fsp3) is 0.235. The highest BCUT2D eigenvalue weighted by Crippen LogP contribution is 2.32. The van der Waals surface area contributed by atoms with Crippen LogP contribution in [0.4, 0.5) is 17.1 Å². The maximum atomic E-state index is 11.3. The molecule has 0 saturated carbocycles. The van der Waals surface area contributed by atoms with Crippen LogP contribution >= 0.6 is 0 Å². The minimum absolute atomic E-state index is 0.0483. The number of anilines is 3. The Morgan fingerprint density at radius 2 is 1.76 bits per heavy atom. The van der Waals surface area contributed by atoms with Crippen molar-refractivity contribution in [1.29, 1.82) is 0 Å². The molecule has 0 bridgehead atoms. The average Bonchev–Trinajstić information content (AvgIpc) is 2.37. The first kappa shape index (κ1) is 14.9. The molecule has 0 fully saturated rings. The summed E-state index contributed by atoms with van der Waals surface area (Å²) in [5.41, 5.74) is 8.95. The first-order chi connectivity index (χ1) is 9.79. The molecule has 0 spiro atoms. The zero-order chi connectivity index (χ0) is 15.6. The second-order valence-electron chi connectivity index (χ2n) is 6.03. The monoisotopic (exact) mass is 284 g/mol. The van der Waals surface area contributed by atoms with Crippen LogP contribution in [0.1, 0.15) is 36.7 Å². The summed E-state index contributed by atoms with van der Waals surface area (Å²) in [4.78, 5) is 11.3. The van der Waals surface area contributed by atoms with E-state index in [-0.39, 0.29) is 11.0 Å². The van der Waals surface area contributed by atoms with Gasteiger partial charge < -0.3 is 16.2 Å². The highest BCUT2D eigenvalue weighted by Gasteiger charge is 2.19. The Hall–Kier alpha value is -2.49. The number of carbonyl (C=O) groups is 1. The smallest absolute Gasteiger partial charge is 0.337 e. The van der Waals surface area contributed by atoms with Gasteiger partial charge in [-0.2, -0.15) is 0 Å². The van der Waals surface area contributed by atoms with Gasteiger partial charge in [-0.05, 0) is 35.2 Å². The molecule has 0 radical (unpaired) electrons. The minimum Gasteiger partial charge on any atom is -0.478 e. The Morgan fingerprint density at radius 3 is 2.38 bits per heavy atom. The summed E-state index contributed by atoms with van der Waals surface area (Å²) in [6, 6.07) is 12.6. The summed E-state index contributed by atoms with van der Waals surface area (Å²) in [7, 11) is 0. The number of hydrogen-bond acceptors (Lipinski definition) is 3. The number of hydrogen-bond donors (Lipinski definition) is 3. The minimum atomic E-state index is -0.981. The topological polar surface area (TPSA) is 75.3 Å². The zero-order valence-corrected chi connectivity index (χ0v) is 12.5. The van der Waals surface area contributed by atoms with Gasteiger partial charge in [0.25, 0.3) is 0 Å². The Balaban J connectivity index is 2.49. The van der Waals surface area contributed by atoms with Crippen LogP contribution in [0.3, 0.4) is 0 Å². The lowest BCUT2D eigenvalue weighted by Gasteiger charge is -2.24. The number of rotatable bonds is 3. The third-order valence-electron chi connectivity index (χ3n) is 3.28. The number of nitrogens with two attached hydrogens (primary N) is 1. The van der Waals surface area contributed by atoms with Gasteiger partial charge in [-0.3, -0.25) is 0 Å². The Labute approximate surface area is 124 Å². The second kappa shape index (κ2) is 5.48. The fourth-order valence-electron chi connectivity index (χ4n) is 2.24. The first-order valence-corrected chi connectivity index (χ1v) is 6.78. The summed E-state index contributed by atoms with van der Waals surface area (Å²) >= 11 is 0. The summed E-state index contributed by atoms with van der Waals surface area (Å²) in [5.74, 6) is -0.981. The number of aromatic carboxylic acids is 1. The number of para-hydroxylation sites is 1. The molecule has 0 atom stereocenters. The maximum Gasteiger partial charge on any atom is 0.337 e. The quantitative estimate of drug-likeness (QED) is 0.744. The predicted molar refractivity (Wildman–Crippen MR) is 86.2 cm³/mol. The Kier molecular flexibility index (Phi) is 3.89. The van der Waals surface area contributed by atoms with E-state index in [1.54, 1.807) is 12.1 Å². The largest absolute Gasteiger partial charge is 0.478 e. The van der Waals surface area contributed by atoms with Crippen molar-refractivity contribution in [3.05, 3.63) is 53.6 Å². The lowest BCUT2D eigenvalue weighted by atomic mass is 9.85. The standard InChI is InChI=1S/C17H20N2O2/c1-17(2,3)13-6-4-5-7-14(13)19-15-10-11(18)8-9-12(15)16(20)21/h4-10,19H,18H2,1-3H3,(H,20,21). The second-order valence-corrected chi connectivity index (χ2v) is 6.03. The van der Waals surface area contributed by atoms with Crippen molar-refractivity contribution < 1.29 is 9.90 Å². The van der Waals surface area contributed by atoms with E-state index in [2.05, 4.69) is 26.1 Å². The molecule has 0 aliphatic carbocycles. The van der Waals surface area contributed by atoms with Gasteiger partial charge in [0.2, 0.25) is 0 Å². The summed E-state index contributed by atoms with van der Waals surface area (Å²) in [6.07, 6.45) is 0. The molecule has 2 aromatic carbocycles. The molecular weight excluding hydrogens is 264 g/mol. The molecule has 21 heavy (non-hydrogen) atoms. The summed E-state index contributed by atoms with van der Waals surface area (Å²) in [6.45, 7) is 6.35. The van der Waals surface area contributed by atoms with E-state index in [0.717, 1.165) is 11.3 Å². The molecule has 0 unspecified atom stereocenters. The van der Waals surface area contributed by atoms with Crippen molar-refractivity contribution in [1.82, 2.24) is 0 Å². The van der Waals surface area contributed by atoms with Crippen molar-refractivity contribution in [2.75, 3.05) is 11.1 Å². The van der Waals surface area contributed by atoms with Crippen molar-refractivity contribution in [2.45, 2.75) is 26.2 Å². The highest BCUT2D eigenvalue weighted by molar-refractivity contribution is 5.96. The van der Waals surface area contributed by atoms with Crippen LogP contribution in [-0.2, 0) is 5.41 Å². The van der Waals surface area contributed by atoms with Crippen LogP contribution < -0.4 is 11.1 Å². The number of benzene rings is 2. The molecule has 4 heteroatoms. The molecule has 0 aliphatic rings. The highest BCUT2D eigenvalue weighted by atomic mass is 16.4. The summed E-state index contributed by atoms with van der Waals surface area (Å²) < 4.78 is 0. The van der Waals surface area contributed by atoms with Gasteiger partial charge in [-0.25, -0.2) is 4.79 Å². The van der Waals surface area contributed by atoms with E-state index in [1.165, 1.54) is 6.07 Å². The van der Waals surface area contributed by atoms with Crippen LogP contribution in [-0.4, -0.2) is 11.1 Å². The maximum absolute atomic E-state index is 11.3. The predicted octanol–water partition coefficient (Wildman–Crippen LogP) is 4.01. The van der Waals surface area contributed by atoms with E-state index >= 15 is 0 Å². The van der Waals surface area contributed by atoms with Gasteiger partial charge in [0.1, 0.15) is 0 Å². The zero-order valence-electron chi connectivity index (χ0n) is 12.5. The van der Waals surface area contributed by atoms with Crippen molar-refractivity contribution in [3.63, 3.8) is 0 Å². The molecule has 2 aromatic rings. The number of nitrogen functional groups attached to an aromatic ring is 1. The summed E-state index contributed by atoms with van der Waals surface area (Å²) in [5, 5.41) is 12.5. The molecule has 110 valence electrons. The normalized spacial score (nSPS) is 11.2. The molecule has 4 nitrogen and oxygen atoms in total. The van der Waals surface area contributed by atoms with Crippen LogP contribution in [0.2, 0.25) is 0 Å². The molecule has 0 heterocycles. The van der Waals surface area contributed by atoms with Gasteiger partial charge >= 0.3 is 5.97 Å². The molecule has 0 amide bonds. The van der Waals surface area contributed by atoms with Crippen molar-refractivity contribution >= 4 is 23.0 Å². The molecule has 4 N–H and O–H groups in total. The molecule has 2 rings (SSSR count). The van der Waals surface area contributed by atoms with E-state index in [1.807, 2.05) is 24.3 Å². The van der Waals surface area contributed by atoms with Crippen LogP contribution in [0, 0.1) is 0 Å². The van der Waals surface area contributed by atoms with E-state index in [9.17, 15) is 9.90 Å². The Morgan fingerprint density at radius 1 is 1.10 bits per heavy atom. The van der Waals surface area contributed by atoms with Gasteiger partial charge in [0.15, 0.2) is 0 Å². The number of carboxylic acids is 1. The third kappa shape index (κ3) is 3.34. The van der Waals surface area contributed by atoms with Crippen LogP contribution in [0.25, 0.3) is 0 Å². The molecular formula is C17H20N2O2. The van der Waals surface area contributed by atoms with Crippen LogP contribution in [0.15, 0.2) is 42.5 Å². The van der Waals surface area contributed by atoms with E-state index < -0.39 is 5.97 Å². The lowest BCUT2D eigenvalue weighted by Crippen LogP contribution is -2.14. The Bertz CT molecular complexity index is 673. The van der Waals surface area contributed by atoms with Gasteiger partial charge in [-0.15, -0.1) is 0 Å². The third-order valence-corrected chi connectivity index (χ3v) is 3.28. The van der Waals surface area contributed by atoms with Crippen molar-refractivity contribution in [2.24, 2.45) is 0 Å². The first-order valence-electron chi connectivity index (χ1n) is 6.78. The molecule has 0 aliphatic heterocycles. The van der Waals surface area contributed by atoms with Crippen LogP contribution in [0.5, 0.6) is 0 Å². The van der Waals surface area contributed by atoms with Gasteiger partial charge in [-0.1, -0.05) is 39.0 Å². The fourth-order valence-corrected chi connectivity index (χ4v) is 2.24. The molecule has 0 saturated heterocycles. The number of carboxylic acid groups (broad SMARTS) is 1. The lowest BCUT2D eigenvalue weighted by molar-refractivity contribution is 0.0698. The molecule has 0 aromatic heterocycles.